The van der Waals surface area contributed by atoms with Crippen LogP contribution in [0.25, 0.3) is 16.9 Å². The average molecular weight is 548 g/mol. The second-order valence-corrected chi connectivity index (χ2v) is 10.5. The maximum Gasteiger partial charge on any atom is 0.149 e. The van der Waals surface area contributed by atoms with E-state index in [1.165, 1.54) is 44.2 Å². The fourth-order valence-corrected chi connectivity index (χ4v) is 4.82. The number of aldehydes is 1. The van der Waals surface area contributed by atoms with Crippen LogP contribution in [0.15, 0.2) is 48.5 Å². The molecular weight excluding hydrogens is 505 g/mol. The third-order valence-electron chi connectivity index (χ3n) is 6.96. The first-order valence-corrected chi connectivity index (χ1v) is 14.0. The molecule has 1 fully saturated rings. The lowest BCUT2D eigenvalue weighted by atomic mass is 9.89. The molecule has 1 saturated carbocycles. The van der Waals surface area contributed by atoms with E-state index < -0.39 is 5.82 Å². The molecule has 0 spiro atoms. The number of nitrogens with zero attached hydrogens (tertiary/aromatic N) is 5. The van der Waals surface area contributed by atoms with Crippen molar-refractivity contribution in [2.75, 3.05) is 64.6 Å². The Morgan fingerprint density at radius 1 is 1.07 bits per heavy atom. The zero-order valence-corrected chi connectivity index (χ0v) is 24.2. The van der Waals surface area contributed by atoms with Crippen molar-refractivity contribution >= 4 is 17.8 Å². The molecule has 2 N–H and O–H groups in total. The summed E-state index contributed by atoms with van der Waals surface area (Å²) in [6, 6.07) is 16.3. The monoisotopic (exact) mass is 547 g/mol. The van der Waals surface area contributed by atoms with Crippen molar-refractivity contribution in [1.82, 2.24) is 20.0 Å². The largest absolute Gasteiger partial charge is 0.368 e. The van der Waals surface area contributed by atoms with Crippen LogP contribution in [0.3, 0.4) is 0 Å². The summed E-state index contributed by atoms with van der Waals surface area (Å²) < 4.78 is 16.3. The number of benzene rings is 2. The van der Waals surface area contributed by atoms with Gasteiger partial charge in [-0.15, -0.1) is 5.10 Å². The number of likely N-dealkylation sites (N-methyl/N-ethyl adjacent to an activating group) is 1. The maximum absolute atomic E-state index is 14.5. The molecule has 0 radical (unpaired) electrons. The third-order valence-corrected chi connectivity index (χ3v) is 6.96. The van der Waals surface area contributed by atoms with Gasteiger partial charge < -0.3 is 25.2 Å². The molecule has 0 unspecified atom stereocenters. The Morgan fingerprint density at radius 2 is 1.77 bits per heavy atom. The van der Waals surface area contributed by atoms with Gasteiger partial charge in [0, 0.05) is 37.0 Å². The minimum atomic E-state index is -0.551. The Morgan fingerprint density at radius 3 is 2.38 bits per heavy atom. The molecule has 1 aliphatic rings. The van der Waals surface area contributed by atoms with Crippen LogP contribution in [0.1, 0.15) is 37.7 Å². The second-order valence-electron chi connectivity index (χ2n) is 10.5. The van der Waals surface area contributed by atoms with E-state index in [2.05, 4.69) is 15.5 Å². The molecule has 0 saturated heterocycles. The summed E-state index contributed by atoms with van der Waals surface area (Å²) in [5.41, 5.74) is 3.18. The van der Waals surface area contributed by atoms with Crippen molar-refractivity contribution in [2.24, 2.45) is 5.92 Å². The molecule has 1 aromatic heterocycles. The molecule has 9 heteroatoms. The van der Waals surface area contributed by atoms with E-state index >= 15 is 0 Å². The molecule has 40 heavy (non-hydrogen) atoms. The number of hydrogen-bond donors (Lipinski definition) is 2. The number of hydrogen-bond acceptors (Lipinski definition) is 7. The highest BCUT2D eigenvalue weighted by molar-refractivity contribution is 5.68. The van der Waals surface area contributed by atoms with Crippen LogP contribution in [-0.4, -0.2) is 75.3 Å². The zero-order chi connectivity index (χ0) is 28.9. The van der Waals surface area contributed by atoms with E-state index in [1.807, 2.05) is 69.5 Å². The fraction of sp³-hybridized carbons (Fsp3) is 0.452. The van der Waals surface area contributed by atoms with Crippen LogP contribution in [0.2, 0.25) is 0 Å². The molecule has 3 aromatic rings. The fourth-order valence-electron chi connectivity index (χ4n) is 4.82. The molecule has 0 bridgehead atoms. The van der Waals surface area contributed by atoms with Crippen molar-refractivity contribution in [3.63, 3.8) is 0 Å². The van der Waals surface area contributed by atoms with Gasteiger partial charge in [0.25, 0.3) is 0 Å². The number of carbonyl (C=O) groups excluding carboxylic acids is 1. The standard InChI is InChI=1S/C29H35FN6O.C2H7N/c1-34(2)14-15-35(16-17-37)25-10-12-26(13-11-25)36-28(23-8-9-24(20-31)27(30)18-23)19-29(33-36)32-21-22-6-4-3-5-7-22;1-3-2/h8-13,17-19,22H,3-7,14-16,21H2,1-2H3,(H,32,33);3H,1-2H3. The van der Waals surface area contributed by atoms with Crippen molar-refractivity contribution in [3.05, 3.63) is 59.9 Å². The molecule has 2 aromatic carbocycles. The first-order valence-electron chi connectivity index (χ1n) is 14.0. The van der Waals surface area contributed by atoms with E-state index in [0.717, 1.165) is 48.8 Å². The van der Waals surface area contributed by atoms with E-state index in [4.69, 9.17) is 10.4 Å². The van der Waals surface area contributed by atoms with Crippen molar-refractivity contribution in [2.45, 2.75) is 32.1 Å². The lowest BCUT2D eigenvalue weighted by molar-refractivity contribution is -0.106. The van der Waals surface area contributed by atoms with Gasteiger partial charge in [0.1, 0.15) is 24.0 Å². The Kier molecular flexibility index (Phi) is 12.1. The topological polar surface area (TPSA) is 89.2 Å². The van der Waals surface area contributed by atoms with Crippen LogP contribution in [0.4, 0.5) is 15.9 Å². The molecule has 214 valence electrons. The number of anilines is 2. The molecule has 0 amide bonds. The summed E-state index contributed by atoms with van der Waals surface area (Å²) in [6.07, 6.45) is 7.24. The van der Waals surface area contributed by atoms with Gasteiger partial charge in [-0.1, -0.05) is 25.3 Å². The predicted octanol–water partition coefficient (Wildman–Crippen LogP) is 4.94. The van der Waals surface area contributed by atoms with Gasteiger partial charge in [-0.25, -0.2) is 9.07 Å². The van der Waals surface area contributed by atoms with Crippen molar-refractivity contribution in [3.8, 4) is 23.0 Å². The normalized spacial score (nSPS) is 13.3. The first kappa shape index (κ1) is 30.8. The van der Waals surface area contributed by atoms with Gasteiger partial charge in [0.2, 0.25) is 0 Å². The van der Waals surface area contributed by atoms with Gasteiger partial charge in [0.05, 0.1) is 23.5 Å². The molecule has 0 aliphatic heterocycles. The summed E-state index contributed by atoms with van der Waals surface area (Å²) in [7, 11) is 7.76. The SMILES string of the molecule is CN(C)CCN(CC=O)c1ccc(-n2nc(NCC3CCCCC3)cc2-c2ccc(C#N)c(F)c2)cc1.CNC. The van der Waals surface area contributed by atoms with Crippen LogP contribution >= 0.6 is 0 Å². The predicted molar refractivity (Wildman–Crippen MR) is 161 cm³/mol. The van der Waals surface area contributed by atoms with E-state index in [1.54, 1.807) is 10.7 Å². The number of halogens is 1. The minimum absolute atomic E-state index is 0.0165. The number of aromatic nitrogens is 2. The zero-order valence-electron chi connectivity index (χ0n) is 24.2. The maximum atomic E-state index is 14.5. The summed E-state index contributed by atoms with van der Waals surface area (Å²) in [4.78, 5) is 15.4. The number of nitrogens with one attached hydrogen (secondary N) is 2. The van der Waals surface area contributed by atoms with Crippen LogP contribution in [0, 0.1) is 23.1 Å². The number of rotatable bonds is 11. The first-order chi connectivity index (χ1) is 19.4. The lowest BCUT2D eigenvalue weighted by Crippen LogP contribution is -2.33. The van der Waals surface area contributed by atoms with Crippen LogP contribution in [0.5, 0.6) is 0 Å². The average Bonchev–Trinajstić information content (AvgIpc) is 3.39. The van der Waals surface area contributed by atoms with Gasteiger partial charge in [0.15, 0.2) is 0 Å². The van der Waals surface area contributed by atoms with E-state index in [-0.39, 0.29) is 5.56 Å². The summed E-state index contributed by atoms with van der Waals surface area (Å²) in [5.74, 6) is 0.827. The molecule has 4 rings (SSSR count). The molecule has 1 aliphatic carbocycles. The molecule has 0 atom stereocenters. The van der Waals surface area contributed by atoms with Crippen molar-refractivity contribution in [1.29, 1.82) is 5.26 Å². The third kappa shape index (κ3) is 8.63. The second kappa shape index (κ2) is 15.8. The summed E-state index contributed by atoms with van der Waals surface area (Å²) in [6.45, 7) is 2.75. The molecular formula is C31H42FN7O. The van der Waals surface area contributed by atoms with Gasteiger partial charge in [-0.05, 0) is 83.3 Å². The summed E-state index contributed by atoms with van der Waals surface area (Å²) in [5, 5.41) is 20.2. The van der Waals surface area contributed by atoms with Gasteiger partial charge in [-0.2, -0.15) is 5.26 Å². The van der Waals surface area contributed by atoms with Crippen molar-refractivity contribution < 1.29 is 9.18 Å². The Bertz CT molecular complexity index is 1240. The van der Waals surface area contributed by atoms with Gasteiger partial charge in [-0.3, -0.25) is 0 Å². The van der Waals surface area contributed by atoms with Gasteiger partial charge >= 0.3 is 0 Å². The quantitative estimate of drug-likeness (QED) is 0.329. The van der Waals surface area contributed by atoms with Crippen LogP contribution in [-0.2, 0) is 4.79 Å². The highest BCUT2D eigenvalue weighted by atomic mass is 19.1. The highest BCUT2D eigenvalue weighted by Crippen LogP contribution is 2.30. The minimum Gasteiger partial charge on any atom is -0.368 e. The lowest BCUT2D eigenvalue weighted by Gasteiger charge is -2.24. The molecule has 8 nitrogen and oxygen atoms in total. The van der Waals surface area contributed by atoms with E-state index in [9.17, 15) is 9.18 Å². The van der Waals surface area contributed by atoms with E-state index in [0.29, 0.717) is 18.0 Å². The Balaban J connectivity index is 0.00000141. The number of nitriles is 1. The highest BCUT2D eigenvalue weighted by Gasteiger charge is 2.17. The van der Waals surface area contributed by atoms with Crippen LogP contribution < -0.4 is 15.5 Å². The molecule has 1 heterocycles. The Hall–Kier alpha value is -3.74. The number of carbonyl (C=O) groups is 1. The Labute approximate surface area is 237 Å². The summed E-state index contributed by atoms with van der Waals surface area (Å²) >= 11 is 0. The smallest absolute Gasteiger partial charge is 0.149 e.